The second-order valence-corrected chi connectivity index (χ2v) is 5.58. The molecule has 3 nitrogen and oxygen atoms in total. The molecule has 1 aliphatic heterocycles. The zero-order valence-electron chi connectivity index (χ0n) is 11.0. The summed E-state index contributed by atoms with van der Waals surface area (Å²) in [6.45, 7) is 4.00. The van der Waals surface area contributed by atoms with E-state index in [9.17, 15) is 5.11 Å². The van der Waals surface area contributed by atoms with Crippen LogP contribution < -0.4 is 5.32 Å². The molecule has 0 aromatic heterocycles. The van der Waals surface area contributed by atoms with E-state index in [2.05, 4.69) is 24.2 Å². The monoisotopic (exact) mass is 268 g/mol. The van der Waals surface area contributed by atoms with E-state index in [0.29, 0.717) is 23.7 Å². The van der Waals surface area contributed by atoms with Crippen molar-refractivity contribution < 1.29 is 5.11 Å². The summed E-state index contributed by atoms with van der Waals surface area (Å²) < 4.78 is 0. The molecule has 1 heterocycles. The highest BCUT2D eigenvalue weighted by Gasteiger charge is 2.22. The molecule has 0 amide bonds. The molecule has 0 radical (unpaired) electrons. The maximum atomic E-state index is 9.78. The van der Waals surface area contributed by atoms with Crippen molar-refractivity contribution in [2.45, 2.75) is 38.4 Å². The van der Waals surface area contributed by atoms with Gasteiger partial charge in [-0.2, -0.15) is 0 Å². The zero-order chi connectivity index (χ0) is 13.1. The molecule has 18 heavy (non-hydrogen) atoms. The van der Waals surface area contributed by atoms with Crippen molar-refractivity contribution in [3.63, 3.8) is 0 Å². The van der Waals surface area contributed by atoms with Crippen LogP contribution in [0, 0.1) is 0 Å². The zero-order valence-corrected chi connectivity index (χ0v) is 11.7. The van der Waals surface area contributed by atoms with Gasteiger partial charge in [0.2, 0.25) is 0 Å². The van der Waals surface area contributed by atoms with E-state index in [0.717, 1.165) is 24.9 Å². The van der Waals surface area contributed by atoms with E-state index < -0.39 is 0 Å². The van der Waals surface area contributed by atoms with Gasteiger partial charge >= 0.3 is 0 Å². The molecular weight excluding hydrogens is 248 g/mol. The van der Waals surface area contributed by atoms with Crippen LogP contribution in [0.2, 0.25) is 5.02 Å². The Hall–Kier alpha value is -0.770. The number of halogens is 1. The number of hydrogen-bond donors (Lipinski definition) is 2. The molecule has 1 fully saturated rings. The SMILES string of the molecule is CC1CC(NCc2c(O)cccc2Cl)CCN1C. The van der Waals surface area contributed by atoms with Crippen LogP contribution >= 0.6 is 11.6 Å². The Morgan fingerprint density at radius 1 is 1.50 bits per heavy atom. The largest absolute Gasteiger partial charge is 0.508 e. The van der Waals surface area contributed by atoms with Crippen LogP contribution in [0.25, 0.3) is 0 Å². The lowest BCUT2D eigenvalue weighted by atomic mass is 9.98. The first-order chi connectivity index (χ1) is 8.58. The molecule has 2 rings (SSSR count). The van der Waals surface area contributed by atoms with Gasteiger partial charge in [0.1, 0.15) is 5.75 Å². The summed E-state index contributed by atoms with van der Waals surface area (Å²) >= 11 is 6.09. The summed E-state index contributed by atoms with van der Waals surface area (Å²) in [5.74, 6) is 0.274. The third-order valence-electron chi connectivity index (χ3n) is 3.87. The fourth-order valence-corrected chi connectivity index (χ4v) is 2.68. The molecule has 2 atom stereocenters. The highest BCUT2D eigenvalue weighted by Crippen LogP contribution is 2.25. The number of benzene rings is 1. The maximum Gasteiger partial charge on any atom is 0.121 e. The fraction of sp³-hybridized carbons (Fsp3) is 0.571. The predicted molar refractivity (Wildman–Crippen MR) is 75.1 cm³/mol. The molecule has 2 N–H and O–H groups in total. The Labute approximate surface area is 114 Å². The molecule has 100 valence electrons. The number of hydrogen-bond acceptors (Lipinski definition) is 3. The number of likely N-dealkylation sites (tertiary alicyclic amines) is 1. The van der Waals surface area contributed by atoms with E-state index in [4.69, 9.17) is 11.6 Å². The summed E-state index contributed by atoms with van der Waals surface area (Å²) in [5, 5.41) is 13.9. The summed E-state index contributed by atoms with van der Waals surface area (Å²) in [4.78, 5) is 2.38. The maximum absolute atomic E-state index is 9.78. The van der Waals surface area contributed by atoms with Crippen molar-refractivity contribution in [3.8, 4) is 5.75 Å². The average molecular weight is 269 g/mol. The van der Waals surface area contributed by atoms with Crippen LogP contribution in [0.5, 0.6) is 5.75 Å². The summed E-state index contributed by atoms with van der Waals surface area (Å²) in [6, 6.07) is 6.37. The first-order valence-electron chi connectivity index (χ1n) is 6.48. The highest BCUT2D eigenvalue weighted by molar-refractivity contribution is 6.31. The molecule has 0 saturated carbocycles. The van der Waals surface area contributed by atoms with Gasteiger partial charge in [-0.25, -0.2) is 0 Å². The van der Waals surface area contributed by atoms with Crippen LogP contribution in [-0.2, 0) is 6.54 Å². The highest BCUT2D eigenvalue weighted by atomic mass is 35.5. The van der Waals surface area contributed by atoms with Crippen LogP contribution in [0.1, 0.15) is 25.3 Å². The standard InChI is InChI=1S/C14H21ClN2O/c1-10-8-11(6-7-17(10)2)16-9-12-13(15)4-3-5-14(12)18/h3-5,10-11,16,18H,6-9H2,1-2H3. The second kappa shape index (κ2) is 5.91. The van der Waals surface area contributed by atoms with E-state index in [-0.39, 0.29) is 5.75 Å². The molecule has 1 aliphatic rings. The summed E-state index contributed by atoms with van der Waals surface area (Å²) in [7, 11) is 2.17. The molecule has 0 spiro atoms. The van der Waals surface area contributed by atoms with E-state index in [1.165, 1.54) is 0 Å². The molecule has 1 aromatic carbocycles. The normalized spacial score (nSPS) is 25.3. The van der Waals surface area contributed by atoms with Crippen molar-refractivity contribution >= 4 is 11.6 Å². The number of phenolic OH excluding ortho intramolecular Hbond substituents is 1. The van der Waals surface area contributed by atoms with Crippen LogP contribution in [0.4, 0.5) is 0 Å². The van der Waals surface area contributed by atoms with Gasteiger partial charge < -0.3 is 15.3 Å². The van der Waals surface area contributed by atoms with Gasteiger partial charge in [0, 0.05) is 29.2 Å². The number of nitrogens with zero attached hydrogens (tertiary/aromatic N) is 1. The Bertz CT molecular complexity index is 391. The van der Waals surface area contributed by atoms with Crippen molar-refractivity contribution in [3.05, 3.63) is 28.8 Å². The van der Waals surface area contributed by atoms with Gasteiger partial charge in [0.25, 0.3) is 0 Å². The van der Waals surface area contributed by atoms with Crippen molar-refractivity contribution in [2.24, 2.45) is 0 Å². The molecule has 1 aromatic rings. The third kappa shape index (κ3) is 3.16. The lowest BCUT2D eigenvalue weighted by Crippen LogP contribution is -2.45. The van der Waals surface area contributed by atoms with E-state index in [1.807, 2.05) is 6.07 Å². The lowest BCUT2D eigenvalue weighted by Gasteiger charge is -2.35. The quantitative estimate of drug-likeness (QED) is 0.885. The molecule has 1 saturated heterocycles. The number of rotatable bonds is 3. The van der Waals surface area contributed by atoms with Gasteiger partial charge in [-0.05, 0) is 45.5 Å². The first kappa shape index (κ1) is 13.7. The van der Waals surface area contributed by atoms with Gasteiger partial charge in [0.15, 0.2) is 0 Å². The van der Waals surface area contributed by atoms with Crippen molar-refractivity contribution in [1.29, 1.82) is 0 Å². The molecule has 0 aliphatic carbocycles. The minimum atomic E-state index is 0.274. The Kier molecular flexibility index (Phi) is 4.49. The number of nitrogens with one attached hydrogen (secondary N) is 1. The number of aromatic hydroxyl groups is 1. The number of phenols is 1. The first-order valence-corrected chi connectivity index (χ1v) is 6.85. The Balaban J connectivity index is 1.92. The number of piperidine rings is 1. The molecule has 0 bridgehead atoms. The molecule has 2 unspecified atom stereocenters. The predicted octanol–water partition coefficient (Wildman–Crippen LogP) is 2.62. The van der Waals surface area contributed by atoms with Gasteiger partial charge in [0.05, 0.1) is 0 Å². The molecular formula is C14H21ClN2O. The topological polar surface area (TPSA) is 35.5 Å². The minimum absolute atomic E-state index is 0.274. The third-order valence-corrected chi connectivity index (χ3v) is 4.22. The van der Waals surface area contributed by atoms with Crippen LogP contribution in [0.3, 0.4) is 0 Å². The van der Waals surface area contributed by atoms with Gasteiger partial charge in [-0.15, -0.1) is 0 Å². The second-order valence-electron chi connectivity index (χ2n) is 5.17. The smallest absolute Gasteiger partial charge is 0.121 e. The van der Waals surface area contributed by atoms with E-state index in [1.54, 1.807) is 12.1 Å². The molecule has 4 heteroatoms. The Morgan fingerprint density at radius 3 is 2.94 bits per heavy atom. The van der Waals surface area contributed by atoms with Crippen molar-refractivity contribution in [2.75, 3.05) is 13.6 Å². The lowest BCUT2D eigenvalue weighted by molar-refractivity contribution is 0.168. The van der Waals surface area contributed by atoms with Crippen molar-refractivity contribution in [1.82, 2.24) is 10.2 Å². The summed E-state index contributed by atoms with van der Waals surface area (Å²) in [5.41, 5.74) is 0.797. The average Bonchev–Trinajstić information content (AvgIpc) is 2.33. The summed E-state index contributed by atoms with van der Waals surface area (Å²) in [6.07, 6.45) is 2.29. The van der Waals surface area contributed by atoms with Gasteiger partial charge in [-0.1, -0.05) is 17.7 Å². The van der Waals surface area contributed by atoms with Crippen LogP contribution in [-0.4, -0.2) is 35.7 Å². The van der Waals surface area contributed by atoms with Crippen LogP contribution in [0.15, 0.2) is 18.2 Å². The Morgan fingerprint density at radius 2 is 2.28 bits per heavy atom. The minimum Gasteiger partial charge on any atom is -0.508 e. The fourth-order valence-electron chi connectivity index (χ4n) is 2.44. The van der Waals surface area contributed by atoms with Gasteiger partial charge in [-0.3, -0.25) is 0 Å². The van der Waals surface area contributed by atoms with E-state index >= 15 is 0 Å².